The summed E-state index contributed by atoms with van der Waals surface area (Å²) in [5, 5.41) is 0. The summed E-state index contributed by atoms with van der Waals surface area (Å²) >= 11 is 0. The third-order valence-corrected chi connectivity index (χ3v) is 17.5. The van der Waals surface area contributed by atoms with Gasteiger partial charge in [-0.15, -0.1) is 0 Å². The molecule has 2 nitrogen and oxygen atoms in total. The lowest BCUT2D eigenvalue weighted by Gasteiger charge is -2.48. The lowest BCUT2D eigenvalue weighted by molar-refractivity contribution is 0.332. The van der Waals surface area contributed by atoms with E-state index >= 15 is 0 Å². The van der Waals surface area contributed by atoms with Crippen LogP contribution in [0.15, 0.2) is 170 Å². The second-order valence-electron chi connectivity index (χ2n) is 27.0. The fourth-order valence-electron chi connectivity index (χ4n) is 12.5. The minimum absolute atomic E-state index is 0.00184. The maximum Gasteiger partial charge on any atom is 0.252 e. The molecule has 2 heterocycles. The van der Waals surface area contributed by atoms with Gasteiger partial charge in [0.25, 0.3) is 6.71 Å². The number of fused-ring (bicyclic) bond motifs is 5. The summed E-state index contributed by atoms with van der Waals surface area (Å²) in [6, 6.07) is 66.1. The average molecular weight is 969 g/mol. The predicted octanol–water partition coefficient (Wildman–Crippen LogP) is 17.7. The van der Waals surface area contributed by atoms with E-state index in [1.54, 1.807) is 0 Å². The van der Waals surface area contributed by atoms with Gasteiger partial charge < -0.3 is 9.80 Å². The van der Waals surface area contributed by atoms with Crippen molar-refractivity contribution < 1.29 is 0 Å². The van der Waals surface area contributed by atoms with Gasteiger partial charge in [0.2, 0.25) is 0 Å². The zero-order valence-electron chi connectivity index (χ0n) is 47.1. The fourth-order valence-corrected chi connectivity index (χ4v) is 12.5. The molecule has 0 fully saturated rings. The third-order valence-electron chi connectivity index (χ3n) is 17.5. The number of anilines is 6. The van der Waals surface area contributed by atoms with E-state index in [1.807, 2.05) is 0 Å². The van der Waals surface area contributed by atoms with E-state index in [2.05, 4.69) is 284 Å². The Kier molecular flexibility index (Phi) is 11.6. The molecule has 0 aromatic heterocycles. The van der Waals surface area contributed by atoms with Gasteiger partial charge in [0.05, 0.1) is 5.69 Å². The topological polar surface area (TPSA) is 6.48 Å². The van der Waals surface area contributed by atoms with Crippen molar-refractivity contribution >= 4 is 57.2 Å². The highest BCUT2D eigenvalue weighted by Gasteiger charge is 2.48. The lowest BCUT2D eigenvalue weighted by Crippen LogP contribution is -2.62. The van der Waals surface area contributed by atoms with E-state index in [4.69, 9.17) is 0 Å². The molecule has 0 saturated heterocycles. The normalized spacial score (nSPS) is 15.8. The molecule has 3 aliphatic rings. The summed E-state index contributed by atoms with van der Waals surface area (Å²) < 4.78 is 0. The van der Waals surface area contributed by atoms with Crippen molar-refractivity contribution in [3.63, 3.8) is 0 Å². The highest BCUT2D eigenvalue weighted by molar-refractivity contribution is 7.00. The van der Waals surface area contributed by atoms with Gasteiger partial charge in [-0.1, -0.05) is 225 Å². The van der Waals surface area contributed by atoms with E-state index in [1.165, 1.54) is 112 Å². The molecule has 374 valence electrons. The van der Waals surface area contributed by atoms with Crippen molar-refractivity contribution in [1.29, 1.82) is 0 Å². The first kappa shape index (κ1) is 49.6. The first-order valence-corrected chi connectivity index (χ1v) is 27.4. The quantitative estimate of drug-likeness (QED) is 0.153. The summed E-state index contributed by atoms with van der Waals surface area (Å²) in [6.45, 7) is 35.9. The molecule has 3 heteroatoms. The number of nitrogens with zero attached hydrogens (tertiary/aromatic N) is 2. The maximum atomic E-state index is 2.76. The van der Waals surface area contributed by atoms with Gasteiger partial charge in [-0.05, 0) is 155 Å². The Hall–Kier alpha value is -6.58. The molecular formula is C71H77BN2. The van der Waals surface area contributed by atoms with Gasteiger partial charge in [0.15, 0.2) is 0 Å². The number of benzene rings is 8. The molecular weight excluding hydrogens is 892 g/mol. The summed E-state index contributed by atoms with van der Waals surface area (Å²) in [4.78, 5) is 5.39. The van der Waals surface area contributed by atoms with E-state index in [-0.39, 0.29) is 39.2 Å². The molecule has 74 heavy (non-hydrogen) atoms. The van der Waals surface area contributed by atoms with Crippen LogP contribution in [-0.2, 0) is 32.5 Å². The number of hydrogen-bond acceptors (Lipinski definition) is 2. The Labute approximate surface area is 445 Å². The van der Waals surface area contributed by atoms with Gasteiger partial charge in [-0.25, -0.2) is 0 Å². The second kappa shape index (κ2) is 17.2. The highest BCUT2D eigenvalue weighted by Crippen LogP contribution is 2.55. The largest absolute Gasteiger partial charge is 0.311 e. The molecule has 2 aliphatic heterocycles. The standard InChI is InChI=1S/C71H77BN2/c1-66(2,3)48-31-34-53(35-32-48)73-60-36-33-50(71(14,15)49-29-23-18-24-30-49)41-58(60)72-59-44-56-57(70(12,13)38-37-69(56,10)11)45-61(59)74(63-43-52(68(7,8)9)42-62(73)64(63)72)65-54(46-25-19-16-20-26-46)39-51(67(4,5)6)40-55(65)47-27-21-17-22-28-47/h16-36,39-45H,37-38H2,1-15H3. The summed E-state index contributed by atoms with van der Waals surface area (Å²) in [6.07, 6.45) is 2.28. The zero-order chi connectivity index (χ0) is 52.5. The molecule has 0 radical (unpaired) electrons. The van der Waals surface area contributed by atoms with Crippen LogP contribution in [0, 0.1) is 0 Å². The van der Waals surface area contributed by atoms with Crippen LogP contribution in [-0.4, -0.2) is 6.71 Å². The van der Waals surface area contributed by atoms with Crippen molar-refractivity contribution in [2.24, 2.45) is 0 Å². The molecule has 0 spiro atoms. The van der Waals surface area contributed by atoms with Gasteiger partial charge in [0.1, 0.15) is 0 Å². The Bertz CT molecular complexity index is 3390. The van der Waals surface area contributed by atoms with Crippen LogP contribution in [0.25, 0.3) is 22.3 Å². The summed E-state index contributed by atoms with van der Waals surface area (Å²) in [7, 11) is 0. The van der Waals surface area contributed by atoms with Crippen molar-refractivity contribution in [2.45, 2.75) is 149 Å². The van der Waals surface area contributed by atoms with Crippen molar-refractivity contribution in [3.05, 3.63) is 209 Å². The van der Waals surface area contributed by atoms with Gasteiger partial charge in [0, 0.05) is 45.0 Å². The van der Waals surface area contributed by atoms with Crippen molar-refractivity contribution in [2.75, 3.05) is 9.80 Å². The molecule has 0 amide bonds. The Morgan fingerprint density at radius 1 is 0.378 bits per heavy atom. The smallest absolute Gasteiger partial charge is 0.252 e. The molecule has 8 aromatic carbocycles. The van der Waals surface area contributed by atoms with Crippen LogP contribution in [0.5, 0.6) is 0 Å². The fraction of sp³-hybridized carbons (Fsp3) is 0.324. The molecule has 0 atom stereocenters. The predicted molar refractivity (Wildman–Crippen MR) is 321 cm³/mol. The third kappa shape index (κ3) is 8.25. The first-order valence-electron chi connectivity index (χ1n) is 27.4. The maximum absolute atomic E-state index is 2.76. The average Bonchev–Trinajstić information content (AvgIpc) is 3.37. The van der Waals surface area contributed by atoms with Crippen LogP contribution < -0.4 is 26.2 Å². The Morgan fingerprint density at radius 2 is 0.824 bits per heavy atom. The summed E-state index contributed by atoms with van der Waals surface area (Å²) in [5.41, 5.74) is 25.5. The molecule has 11 rings (SSSR count). The Morgan fingerprint density at radius 3 is 1.34 bits per heavy atom. The molecule has 0 N–H and O–H groups in total. The minimum Gasteiger partial charge on any atom is -0.311 e. The van der Waals surface area contributed by atoms with E-state index in [0.717, 1.165) is 12.8 Å². The van der Waals surface area contributed by atoms with Crippen LogP contribution in [0.2, 0.25) is 0 Å². The van der Waals surface area contributed by atoms with Crippen LogP contribution in [0.1, 0.15) is 156 Å². The summed E-state index contributed by atoms with van der Waals surface area (Å²) in [5.74, 6) is 0. The molecule has 0 saturated carbocycles. The van der Waals surface area contributed by atoms with Crippen molar-refractivity contribution in [1.82, 2.24) is 0 Å². The first-order chi connectivity index (χ1) is 34.8. The lowest BCUT2D eigenvalue weighted by atomic mass is 9.32. The van der Waals surface area contributed by atoms with E-state index < -0.39 is 0 Å². The monoisotopic (exact) mass is 969 g/mol. The molecule has 0 unspecified atom stereocenters. The second-order valence-corrected chi connectivity index (χ2v) is 27.0. The van der Waals surface area contributed by atoms with E-state index in [9.17, 15) is 0 Å². The minimum atomic E-state index is -0.246. The molecule has 8 aromatic rings. The van der Waals surface area contributed by atoms with Crippen LogP contribution >= 0.6 is 0 Å². The van der Waals surface area contributed by atoms with Crippen molar-refractivity contribution in [3.8, 4) is 22.3 Å². The van der Waals surface area contributed by atoms with E-state index in [0.29, 0.717) is 0 Å². The van der Waals surface area contributed by atoms with Crippen LogP contribution in [0.3, 0.4) is 0 Å². The van der Waals surface area contributed by atoms with Gasteiger partial charge in [-0.3, -0.25) is 0 Å². The molecule has 1 aliphatic carbocycles. The molecule has 0 bridgehead atoms. The van der Waals surface area contributed by atoms with Crippen LogP contribution in [0.4, 0.5) is 34.1 Å². The number of rotatable bonds is 6. The SMILES string of the molecule is CC(C)(C)c1ccc(N2c3ccc(C(C)(C)c4ccccc4)cc3B3c4cc5c(cc4N(c4c(-c6ccccc6)cc(C(C)(C)C)cc4-c4ccccc4)c4cc(C(C)(C)C)cc2c43)C(C)(C)CCC5(C)C)cc1. The number of hydrogen-bond donors (Lipinski definition) is 0. The Balaban J connectivity index is 1.34. The van der Waals surface area contributed by atoms with Gasteiger partial charge in [-0.2, -0.15) is 0 Å². The highest BCUT2D eigenvalue weighted by atomic mass is 15.2. The zero-order valence-corrected chi connectivity index (χ0v) is 47.1. The van der Waals surface area contributed by atoms with Gasteiger partial charge >= 0.3 is 0 Å².